The van der Waals surface area contributed by atoms with E-state index in [0.717, 1.165) is 11.6 Å². The van der Waals surface area contributed by atoms with Crippen molar-refractivity contribution in [1.29, 1.82) is 0 Å². The Morgan fingerprint density at radius 3 is 2.26 bits per heavy atom. The van der Waals surface area contributed by atoms with Gasteiger partial charge in [-0.1, -0.05) is 26.0 Å². The summed E-state index contributed by atoms with van der Waals surface area (Å²) in [5.74, 6) is 0. The van der Waals surface area contributed by atoms with Crippen molar-refractivity contribution < 1.29 is 17.9 Å². The van der Waals surface area contributed by atoms with Crippen molar-refractivity contribution in [2.45, 2.75) is 33.1 Å². The molecule has 19 heavy (non-hydrogen) atoms. The molecule has 0 fully saturated rings. The molecule has 1 aromatic rings. The first-order valence-corrected chi connectivity index (χ1v) is 6.35. The molecule has 0 unspecified atom stereocenters. The van der Waals surface area contributed by atoms with E-state index in [1.165, 1.54) is 6.07 Å². The third-order valence-corrected chi connectivity index (χ3v) is 2.34. The third-order valence-electron chi connectivity index (χ3n) is 2.34. The van der Waals surface area contributed by atoms with E-state index in [-0.39, 0.29) is 6.61 Å². The zero-order valence-electron chi connectivity index (χ0n) is 11.9. The van der Waals surface area contributed by atoms with Gasteiger partial charge in [0.15, 0.2) is 0 Å². The van der Waals surface area contributed by atoms with Gasteiger partial charge in [0.05, 0.1) is 18.8 Å². The molecular formula is C14H22F3NO. The maximum absolute atomic E-state index is 12.5. The summed E-state index contributed by atoms with van der Waals surface area (Å²) in [5, 5.41) is 2.75. The fourth-order valence-electron chi connectivity index (χ4n) is 1.66. The van der Waals surface area contributed by atoms with E-state index in [2.05, 4.69) is 5.32 Å². The van der Waals surface area contributed by atoms with Gasteiger partial charge in [-0.15, -0.1) is 0 Å². The van der Waals surface area contributed by atoms with Gasteiger partial charge in [0.2, 0.25) is 0 Å². The SMILES string of the molecule is CC.CNC.FC(F)(F)c1cccc2c1COCC2. The number of fused-ring (bicyclic) bond motifs is 1. The molecule has 0 radical (unpaired) electrons. The molecule has 0 saturated carbocycles. The number of alkyl halides is 3. The van der Waals surface area contributed by atoms with Crippen LogP contribution in [0.2, 0.25) is 0 Å². The molecule has 0 bridgehead atoms. The quantitative estimate of drug-likeness (QED) is 0.781. The van der Waals surface area contributed by atoms with Gasteiger partial charge in [0, 0.05) is 0 Å². The summed E-state index contributed by atoms with van der Waals surface area (Å²) in [7, 11) is 3.75. The summed E-state index contributed by atoms with van der Waals surface area (Å²) in [6.07, 6.45) is -3.70. The molecule has 0 spiro atoms. The maximum Gasteiger partial charge on any atom is 0.416 e. The lowest BCUT2D eigenvalue weighted by Gasteiger charge is -2.20. The van der Waals surface area contributed by atoms with Crippen molar-refractivity contribution in [3.63, 3.8) is 0 Å². The number of benzene rings is 1. The summed E-state index contributed by atoms with van der Waals surface area (Å²) < 4.78 is 42.6. The molecule has 5 heteroatoms. The molecule has 1 aromatic carbocycles. The van der Waals surface area contributed by atoms with E-state index >= 15 is 0 Å². The Morgan fingerprint density at radius 2 is 1.74 bits per heavy atom. The molecule has 0 amide bonds. The zero-order valence-corrected chi connectivity index (χ0v) is 11.9. The molecule has 1 aliphatic rings. The first-order valence-electron chi connectivity index (χ1n) is 6.35. The molecule has 0 aromatic heterocycles. The van der Waals surface area contributed by atoms with E-state index in [9.17, 15) is 13.2 Å². The molecule has 2 rings (SSSR count). The summed E-state index contributed by atoms with van der Waals surface area (Å²) in [5.41, 5.74) is 0.493. The van der Waals surface area contributed by atoms with E-state index in [1.807, 2.05) is 27.9 Å². The molecule has 2 nitrogen and oxygen atoms in total. The second-order valence-electron chi connectivity index (χ2n) is 3.74. The second kappa shape index (κ2) is 8.93. The van der Waals surface area contributed by atoms with Crippen molar-refractivity contribution in [2.24, 2.45) is 0 Å². The number of halogens is 3. The molecule has 1 aliphatic heterocycles. The first-order chi connectivity index (χ1) is 9.00. The van der Waals surface area contributed by atoms with Crippen molar-refractivity contribution in [3.8, 4) is 0 Å². The first kappa shape index (κ1) is 17.9. The highest BCUT2D eigenvalue weighted by molar-refractivity contribution is 5.37. The van der Waals surface area contributed by atoms with Gasteiger partial charge in [-0.3, -0.25) is 0 Å². The Morgan fingerprint density at radius 1 is 1.16 bits per heavy atom. The van der Waals surface area contributed by atoms with E-state index in [1.54, 1.807) is 6.07 Å². The highest BCUT2D eigenvalue weighted by Gasteiger charge is 2.34. The van der Waals surface area contributed by atoms with Crippen LogP contribution in [0.25, 0.3) is 0 Å². The van der Waals surface area contributed by atoms with Crippen molar-refractivity contribution in [2.75, 3.05) is 20.7 Å². The smallest absolute Gasteiger partial charge is 0.376 e. The van der Waals surface area contributed by atoms with E-state index < -0.39 is 11.7 Å². The van der Waals surface area contributed by atoms with Crippen LogP contribution < -0.4 is 5.32 Å². The van der Waals surface area contributed by atoms with E-state index in [0.29, 0.717) is 18.6 Å². The van der Waals surface area contributed by atoms with Gasteiger partial charge in [-0.2, -0.15) is 13.2 Å². The summed E-state index contributed by atoms with van der Waals surface area (Å²) >= 11 is 0. The van der Waals surface area contributed by atoms with Crippen LogP contribution in [-0.2, 0) is 23.9 Å². The summed E-state index contributed by atoms with van der Waals surface area (Å²) in [6.45, 7) is 4.58. The van der Waals surface area contributed by atoms with Gasteiger partial charge in [-0.05, 0) is 37.7 Å². The lowest BCUT2D eigenvalue weighted by atomic mass is 9.97. The molecule has 1 heterocycles. The monoisotopic (exact) mass is 277 g/mol. The fourth-order valence-corrected chi connectivity index (χ4v) is 1.66. The number of hydrogen-bond donors (Lipinski definition) is 1. The Bertz CT molecular complexity index is 364. The van der Waals surface area contributed by atoms with Crippen LogP contribution in [0.3, 0.4) is 0 Å². The Kier molecular flexibility index (Phi) is 8.43. The highest BCUT2D eigenvalue weighted by Crippen LogP contribution is 2.34. The van der Waals surface area contributed by atoms with Crippen LogP contribution >= 0.6 is 0 Å². The predicted octanol–water partition coefficient (Wildman–Crippen LogP) is 3.64. The van der Waals surface area contributed by atoms with Gasteiger partial charge in [0.25, 0.3) is 0 Å². The lowest BCUT2D eigenvalue weighted by molar-refractivity contribution is -0.139. The lowest BCUT2D eigenvalue weighted by Crippen LogP contribution is -2.17. The molecule has 1 N–H and O–H groups in total. The molecule has 0 atom stereocenters. The van der Waals surface area contributed by atoms with Crippen molar-refractivity contribution in [3.05, 3.63) is 34.9 Å². The van der Waals surface area contributed by atoms with Crippen molar-refractivity contribution >= 4 is 0 Å². The van der Waals surface area contributed by atoms with Gasteiger partial charge >= 0.3 is 6.18 Å². The van der Waals surface area contributed by atoms with Crippen LogP contribution in [0.1, 0.15) is 30.5 Å². The maximum atomic E-state index is 12.5. The standard InChI is InChI=1S/C10H9F3O.C2H7N.C2H6/c11-10(12,13)9-3-1-2-7-4-5-14-6-8(7)9;1-3-2;1-2/h1-3H,4-6H2;3H,1-2H3;1-2H3. The van der Waals surface area contributed by atoms with Crippen LogP contribution in [-0.4, -0.2) is 20.7 Å². The van der Waals surface area contributed by atoms with Gasteiger partial charge in [0.1, 0.15) is 0 Å². The zero-order chi connectivity index (χ0) is 14.9. The van der Waals surface area contributed by atoms with Crippen LogP contribution in [0.4, 0.5) is 13.2 Å². The Hall–Kier alpha value is -1.07. The van der Waals surface area contributed by atoms with Crippen LogP contribution in [0.15, 0.2) is 18.2 Å². The second-order valence-corrected chi connectivity index (χ2v) is 3.74. The van der Waals surface area contributed by atoms with Crippen molar-refractivity contribution in [1.82, 2.24) is 5.32 Å². The molecule has 0 saturated heterocycles. The normalized spacial score (nSPS) is 13.4. The third kappa shape index (κ3) is 5.61. The number of rotatable bonds is 0. The minimum atomic E-state index is -4.27. The summed E-state index contributed by atoms with van der Waals surface area (Å²) in [4.78, 5) is 0. The largest absolute Gasteiger partial charge is 0.416 e. The minimum absolute atomic E-state index is 0.0744. The number of hydrogen-bond acceptors (Lipinski definition) is 2. The Labute approximate surface area is 113 Å². The molecular weight excluding hydrogens is 255 g/mol. The average Bonchev–Trinajstić information content (AvgIpc) is 2.40. The summed E-state index contributed by atoms with van der Waals surface area (Å²) in [6, 6.07) is 4.29. The van der Waals surface area contributed by atoms with Gasteiger partial charge < -0.3 is 10.1 Å². The fraction of sp³-hybridized carbons (Fsp3) is 0.571. The van der Waals surface area contributed by atoms with Gasteiger partial charge in [-0.25, -0.2) is 0 Å². The minimum Gasteiger partial charge on any atom is -0.376 e. The Balaban J connectivity index is 0.000000573. The number of nitrogens with one attached hydrogen (secondary N) is 1. The highest BCUT2D eigenvalue weighted by atomic mass is 19.4. The molecule has 110 valence electrons. The number of ether oxygens (including phenoxy) is 1. The molecule has 0 aliphatic carbocycles. The van der Waals surface area contributed by atoms with Crippen LogP contribution in [0, 0.1) is 0 Å². The topological polar surface area (TPSA) is 21.3 Å². The van der Waals surface area contributed by atoms with E-state index in [4.69, 9.17) is 4.74 Å². The average molecular weight is 277 g/mol. The van der Waals surface area contributed by atoms with Crippen LogP contribution in [0.5, 0.6) is 0 Å². The predicted molar refractivity (Wildman–Crippen MR) is 71.1 cm³/mol.